The summed E-state index contributed by atoms with van der Waals surface area (Å²) in [6, 6.07) is 4.23. The van der Waals surface area contributed by atoms with E-state index in [1.54, 1.807) is 0 Å². The lowest BCUT2D eigenvalue weighted by Crippen LogP contribution is -2.40. The van der Waals surface area contributed by atoms with E-state index in [0.717, 1.165) is 37.9 Å². The van der Waals surface area contributed by atoms with Gasteiger partial charge in [-0.3, -0.25) is 10.1 Å². The molecule has 2 fully saturated rings. The Morgan fingerprint density at radius 3 is 2.48 bits per heavy atom. The van der Waals surface area contributed by atoms with Gasteiger partial charge < -0.3 is 15.1 Å². The van der Waals surface area contributed by atoms with Crippen LogP contribution in [0.1, 0.15) is 25.7 Å². The average molecular weight is 426 g/mol. The van der Waals surface area contributed by atoms with E-state index in [1.807, 2.05) is 19.0 Å². The van der Waals surface area contributed by atoms with Gasteiger partial charge in [0, 0.05) is 44.8 Å². The van der Waals surface area contributed by atoms with Crippen LogP contribution in [0.25, 0.3) is 0 Å². The molecule has 9 nitrogen and oxygen atoms in total. The smallest absolute Gasteiger partial charge is 0.293 e. The summed E-state index contributed by atoms with van der Waals surface area (Å²) in [6.45, 7) is 3.93. The van der Waals surface area contributed by atoms with Gasteiger partial charge >= 0.3 is 0 Å². The summed E-state index contributed by atoms with van der Waals surface area (Å²) in [5.41, 5.74) is 0.170. The Labute approximate surface area is 172 Å². The molecule has 0 bridgehead atoms. The van der Waals surface area contributed by atoms with Gasteiger partial charge in [-0.2, -0.15) is 0 Å². The fourth-order valence-electron chi connectivity index (χ4n) is 3.58. The SMILES string of the molecule is CN(C)CCNS(=O)(=O)c1ccc(NC2CCN(CC3CC3)CC2)c([N+](=O)[O-])c1. The molecule has 0 radical (unpaired) electrons. The van der Waals surface area contributed by atoms with E-state index in [-0.39, 0.29) is 23.2 Å². The second kappa shape index (κ2) is 9.38. The number of sulfonamides is 1. The molecule has 0 aromatic heterocycles. The van der Waals surface area contributed by atoms with Crippen LogP contribution in [0.5, 0.6) is 0 Å². The monoisotopic (exact) mass is 425 g/mol. The molecule has 0 spiro atoms. The van der Waals surface area contributed by atoms with Crippen LogP contribution in [-0.2, 0) is 10.0 Å². The van der Waals surface area contributed by atoms with Crippen LogP contribution in [-0.4, -0.2) is 76.0 Å². The molecular weight excluding hydrogens is 394 g/mol. The zero-order valence-electron chi connectivity index (χ0n) is 17.1. The summed E-state index contributed by atoms with van der Waals surface area (Å²) in [4.78, 5) is 15.3. The number of benzene rings is 1. The van der Waals surface area contributed by atoms with Crippen molar-refractivity contribution in [3.05, 3.63) is 28.3 Å². The molecule has 0 unspecified atom stereocenters. The van der Waals surface area contributed by atoms with Crippen molar-refractivity contribution in [2.75, 3.05) is 52.1 Å². The Balaban J connectivity index is 1.64. The second-order valence-electron chi connectivity index (χ2n) is 8.30. The Morgan fingerprint density at radius 1 is 1.21 bits per heavy atom. The molecule has 162 valence electrons. The Hall–Kier alpha value is -1.75. The maximum atomic E-state index is 12.4. The third kappa shape index (κ3) is 6.36. The number of likely N-dealkylation sites (tertiary alicyclic amines) is 1. The summed E-state index contributed by atoms with van der Waals surface area (Å²) in [5.74, 6) is 0.862. The van der Waals surface area contributed by atoms with Crippen molar-refractivity contribution in [3.63, 3.8) is 0 Å². The number of rotatable bonds is 10. The van der Waals surface area contributed by atoms with E-state index in [4.69, 9.17) is 0 Å². The maximum absolute atomic E-state index is 12.4. The van der Waals surface area contributed by atoms with Crippen molar-refractivity contribution >= 4 is 21.4 Å². The first kappa shape index (κ1) is 21.9. The molecule has 2 aliphatic rings. The molecule has 1 aromatic rings. The molecule has 1 saturated carbocycles. The first-order valence-corrected chi connectivity index (χ1v) is 11.6. The van der Waals surface area contributed by atoms with E-state index >= 15 is 0 Å². The van der Waals surface area contributed by atoms with Gasteiger partial charge in [-0.1, -0.05) is 0 Å². The zero-order chi connectivity index (χ0) is 21.0. The highest BCUT2D eigenvalue weighted by atomic mass is 32.2. The molecule has 2 N–H and O–H groups in total. The van der Waals surface area contributed by atoms with Crippen LogP contribution in [0.15, 0.2) is 23.1 Å². The van der Waals surface area contributed by atoms with Gasteiger partial charge in [0.15, 0.2) is 0 Å². The number of piperidine rings is 1. The molecule has 1 aliphatic heterocycles. The van der Waals surface area contributed by atoms with Crippen molar-refractivity contribution < 1.29 is 13.3 Å². The first-order valence-electron chi connectivity index (χ1n) is 10.2. The standard InChI is InChI=1S/C19H31N5O4S/c1-22(2)12-9-20-29(27,28)17-5-6-18(19(13-17)24(25)26)21-16-7-10-23(11-8-16)14-15-3-4-15/h5-6,13,15-16,20-21H,3-4,7-12,14H2,1-2H3. The number of likely N-dealkylation sites (N-methyl/N-ethyl adjacent to an activating group) is 1. The van der Waals surface area contributed by atoms with E-state index in [2.05, 4.69) is 14.9 Å². The molecule has 1 aromatic carbocycles. The third-order valence-corrected chi connectivity index (χ3v) is 6.95. The van der Waals surface area contributed by atoms with Crippen LogP contribution in [0.2, 0.25) is 0 Å². The minimum atomic E-state index is -3.79. The Kier molecular flexibility index (Phi) is 7.10. The fourth-order valence-corrected chi connectivity index (χ4v) is 4.62. The molecule has 1 aliphatic carbocycles. The molecule has 1 heterocycles. The number of nitrogens with one attached hydrogen (secondary N) is 2. The second-order valence-corrected chi connectivity index (χ2v) is 10.1. The highest BCUT2D eigenvalue weighted by Gasteiger charge is 2.28. The predicted molar refractivity (Wildman–Crippen MR) is 113 cm³/mol. The van der Waals surface area contributed by atoms with Gasteiger partial charge in [-0.05, 0) is 57.8 Å². The van der Waals surface area contributed by atoms with Crippen LogP contribution < -0.4 is 10.0 Å². The van der Waals surface area contributed by atoms with Gasteiger partial charge in [0.1, 0.15) is 5.69 Å². The van der Waals surface area contributed by atoms with Gasteiger partial charge in [0.2, 0.25) is 10.0 Å². The van der Waals surface area contributed by atoms with Gasteiger partial charge in [0.25, 0.3) is 5.69 Å². The predicted octanol–water partition coefficient (Wildman–Crippen LogP) is 1.72. The lowest BCUT2D eigenvalue weighted by atomic mass is 10.0. The van der Waals surface area contributed by atoms with Crippen molar-refractivity contribution in [2.24, 2.45) is 5.92 Å². The molecular formula is C19H31N5O4S. The summed E-state index contributed by atoms with van der Waals surface area (Å²) in [5, 5.41) is 14.8. The molecule has 0 amide bonds. The van der Waals surface area contributed by atoms with E-state index < -0.39 is 14.9 Å². The minimum absolute atomic E-state index is 0.0900. The zero-order valence-corrected chi connectivity index (χ0v) is 18.0. The van der Waals surface area contributed by atoms with Crippen LogP contribution >= 0.6 is 0 Å². The number of nitro benzene ring substituents is 1. The number of nitro groups is 1. The minimum Gasteiger partial charge on any atom is -0.377 e. The molecule has 10 heteroatoms. The topological polar surface area (TPSA) is 108 Å². The summed E-state index contributed by atoms with van der Waals surface area (Å²) >= 11 is 0. The number of hydrogen-bond donors (Lipinski definition) is 2. The number of nitrogens with zero attached hydrogens (tertiary/aromatic N) is 3. The molecule has 29 heavy (non-hydrogen) atoms. The van der Waals surface area contributed by atoms with Gasteiger partial charge in [-0.15, -0.1) is 0 Å². The van der Waals surface area contributed by atoms with Crippen LogP contribution in [0.3, 0.4) is 0 Å². The van der Waals surface area contributed by atoms with Crippen molar-refractivity contribution in [2.45, 2.75) is 36.6 Å². The molecule has 1 saturated heterocycles. The summed E-state index contributed by atoms with van der Waals surface area (Å²) in [6.07, 6.45) is 4.53. The van der Waals surface area contributed by atoms with Crippen molar-refractivity contribution in [3.8, 4) is 0 Å². The summed E-state index contributed by atoms with van der Waals surface area (Å²) < 4.78 is 27.4. The Morgan fingerprint density at radius 2 is 1.90 bits per heavy atom. The van der Waals surface area contributed by atoms with Gasteiger partial charge in [-0.25, -0.2) is 13.1 Å². The number of hydrogen-bond acceptors (Lipinski definition) is 7. The Bertz CT molecular complexity index is 818. The highest BCUT2D eigenvalue weighted by molar-refractivity contribution is 7.89. The van der Waals surface area contributed by atoms with E-state index in [0.29, 0.717) is 12.2 Å². The highest BCUT2D eigenvalue weighted by Crippen LogP contribution is 2.32. The van der Waals surface area contributed by atoms with Crippen LogP contribution in [0, 0.1) is 16.0 Å². The fraction of sp³-hybridized carbons (Fsp3) is 0.684. The van der Waals surface area contributed by atoms with Gasteiger partial charge in [0.05, 0.1) is 9.82 Å². The van der Waals surface area contributed by atoms with Crippen molar-refractivity contribution in [1.82, 2.24) is 14.5 Å². The van der Waals surface area contributed by atoms with Crippen molar-refractivity contribution in [1.29, 1.82) is 0 Å². The normalized spacial score (nSPS) is 18.9. The van der Waals surface area contributed by atoms with Crippen LogP contribution in [0.4, 0.5) is 11.4 Å². The summed E-state index contributed by atoms with van der Waals surface area (Å²) in [7, 11) is -0.104. The van der Waals surface area contributed by atoms with E-state index in [1.165, 1.54) is 31.5 Å². The molecule has 3 rings (SSSR count). The lowest BCUT2D eigenvalue weighted by molar-refractivity contribution is -0.384. The first-order chi connectivity index (χ1) is 13.7. The largest absolute Gasteiger partial charge is 0.377 e. The third-order valence-electron chi connectivity index (χ3n) is 5.49. The average Bonchev–Trinajstić information content (AvgIpc) is 3.47. The molecule has 0 atom stereocenters. The quantitative estimate of drug-likeness (QED) is 0.434. The lowest BCUT2D eigenvalue weighted by Gasteiger charge is -2.32. The van der Waals surface area contributed by atoms with E-state index in [9.17, 15) is 18.5 Å². The maximum Gasteiger partial charge on any atom is 0.293 e. The number of anilines is 1.